The quantitative estimate of drug-likeness (QED) is 0.802. The molecule has 0 bridgehead atoms. The van der Waals surface area contributed by atoms with E-state index in [1.165, 1.54) is 12.1 Å². The second-order valence-corrected chi connectivity index (χ2v) is 7.87. The Morgan fingerprint density at radius 3 is 2.87 bits per heavy atom. The predicted octanol–water partition coefficient (Wildman–Crippen LogP) is 3.03. The smallest absolute Gasteiger partial charge is 0.354 e. The molecule has 2 aliphatic rings. The van der Waals surface area contributed by atoms with E-state index in [1.54, 1.807) is 12.3 Å². The van der Waals surface area contributed by atoms with Gasteiger partial charge in [0.2, 0.25) is 5.91 Å². The van der Waals surface area contributed by atoms with Crippen LogP contribution in [-0.4, -0.2) is 34.0 Å². The third-order valence-corrected chi connectivity index (χ3v) is 5.75. The fourth-order valence-corrected chi connectivity index (χ4v) is 4.10. The van der Waals surface area contributed by atoms with E-state index in [1.807, 2.05) is 4.57 Å². The summed E-state index contributed by atoms with van der Waals surface area (Å²) in [5.41, 5.74) is 0.204. The molecule has 1 aromatic heterocycles. The molecule has 0 spiro atoms. The molecule has 9 heteroatoms. The van der Waals surface area contributed by atoms with Crippen molar-refractivity contribution in [3.05, 3.63) is 53.1 Å². The predicted molar refractivity (Wildman–Crippen MR) is 103 cm³/mol. The minimum atomic E-state index is -4.37. The molecule has 2 amide bonds. The molecule has 30 heavy (non-hydrogen) atoms. The molecule has 4 rings (SSSR count). The van der Waals surface area contributed by atoms with E-state index in [0.717, 1.165) is 24.7 Å². The lowest BCUT2D eigenvalue weighted by atomic mass is 9.90. The fourth-order valence-electron chi connectivity index (χ4n) is 4.10. The Hall–Kier alpha value is -2.84. The van der Waals surface area contributed by atoms with E-state index in [-0.39, 0.29) is 17.5 Å². The number of amides is 2. The van der Waals surface area contributed by atoms with Crippen molar-refractivity contribution in [3.63, 3.8) is 0 Å². The highest BCUT2D eigenvalue weighted by Crippen LogP contribution is 2.34. The summed E-state index contributed by atoms with van der Waals surface area (Å²) in [6, 6.07) is 4.83. The highest BCUT2D eigenvalue weighted by Gasteiger charge is 2.32. The Bertz CT molecular complexity index is 954. The van der Waals surface area contributed by atoms with Crippen LogP contribution in [0, 0.1) is 0 Å². The minimum Gasteiger partial charge on any atom is -0.354 e. The number of hydrogen-bond acceptors (Lipinski definition) is 3. The van der Waals surface area contributed by atoms with Crippen molar-refractivity contribution >= 4 is 11.8 Å². The van der Waals surface area contributed by atoms with E-state index in [9.17, 15) is 22.8 Å². The number of fused-ring (bicyclic) bond motifs is 1. The molecule has 2 aliphatic heterocycles. The Morgan fingerprint density at radius 1 is 1.23 bits per heavy atom. The van der Waals surface area contributed by atoms with Crippen molar-refractivity contribution in [2.24, 2.45) is 0 Å². The lowest BCUT2D eigenvalue weighted by Gasteiger charge is -2.24. The summed E-state index contributed by atoms with van der Waals surface area (Å²) in [7, 11) is 0. The molecule has 3 heterocycles. The number of rotatable bonds is 3. The number of imidazole rings is 1. The number of nitrogens with one attached hydrogen (secondary N) is 2. The summed E-state index contributed by atoms with van der Waals surface area (Å²) >= 11 is 0. The van der Waals surface area contributed by atoms with Gasteiger partial charge in [-0.2, -0.15) is 13.2 Å². The second kappa shape index (κ2) is 8.12. The van der Waals surface area contributed by atoms with E-state index in [4.69, 9.17) is 0 Å². The summed E-state index contributed by atoms with van der Waals surface area (Å²) in [6.45, 7) is 1.07. The van der Waals surface area contributed by atoms with Gasteiger partial charge in [0, 0.05) is 31.6 Å². The molecule has 1 fully saturated rings. The maximum atomic E-state index is 13.0. The van der Waals surface area contributed by atoms with Crippen LogP contribution in [0.1, 0.15) is 59.0 Å². The number of nitrogens with zero attached hydrogens (tertiary/aromatic N) is 2. The third kappa shape index (κ3) is 4.34. The van der Waals surface area contributed by atoms with E-state index in [2.05, 4.69) is 15.6 Å². The van der Waals surface area contributed by atoms with Gasteiger partial charge in [0.05, 0.1) is 5.56 Å². The summed E-state index contributed by atoms with van der Waals surface area (Å²) < 4.78 is 40.9. The summed E-state index contributed by atoms with van der Waals surface area (Å²) in [6.07, 6.45) is 0.792. The molecular formula is C21H23F3N4O2. The second-order valence-electron chi connectivity index (χ2n) is 7.87. The summed E-state index contributed by atoms with van der Waals surface area (Å²) in [5, 5.41) is 5.53. The Labute approximate surface area is 171 Å². The molecule has 6 nitrogen and oxygen atoms in total. The average Bonchev–Trinajstić information content (AvgIpc) is 3.05. The van der Waals surface area contributed by atoms with Crippen LogP contribution in [0.2, 0.25) is 0 Å². The zero-order chi connectivity index (χ0) is 21.3. The first-order valence-corrected chi connectivity index (χ1v) is 10.1. The molecule has 0 aliphatic carbocycles. The number of benzene rings is 1. The number of halogens is 3. The number of carbonyl (C=O) groups excluding carboxylic acids is 2. The van der Waals surface area contributed by atoms with Crippen LogP contribution in [0.5, 0.6) is 0 Å². The maximum Gasteiger partial charge on any atom is 0.416 e. The van der Waals surface area contributed by atoms with Gasteiger partial charge in [-0.05, 0) is 37.3 Å². The molecular weight excluding hydrogens is 397 g/mol. The molecule has 1 saturated heterocycles. The van der Waals surface area contributed by atoms with Gasteiger partial charge in [-0.15, -0.1) is 0 Å². The largest absolute Gasteiger partial charge is 0.416 e. The average molecular weight is 420 g/mol. The van der Waals surface area contributed by atoms with Crippen molar-refractivity contribution in [1.82, 2.24) is 20.2 Å². The van der Waals surface area contributed by atoms with Crippen molar-refractivity contribution in [2.45, 2.75) is 56.8 Å². The zero-order valence-electron chi connectivity index (χ0n) is 16.3. The molecule has 0 radical (unpaired) electrons. The van der Waals surface area contributed by atoms with Gasteiger partial charge in [0.25, 0.3) is 5.91 Å². The van der Waals surface area contributed by atoms with E-state index in [0.29, 0.717) is 37.9 Å². The monoisotopic (exact) mass is 420 g/mol. The normalized spacial score (nSPS) is 22.0. The molecule has 0 saturated carbocycles. The number of carbonyl (C=O) groups is 2. The SMILES string of the molecule is O=C(N[C@H]1CCCCNC1=O)c1cn2c(n1)CC[C@H](c1cccc(C(F)(F)F)c1)C2. The number of aromatic nitrogens is 2. The minimum absolute atomic E-state index is 0.0856. The van der Waals surface area contributed by atoms with Crippen molar-refractivity contribution in [3.8, 4) is 0 Å². The Balaban J connectivity index is 1.47. The lowest BCUT2D eigenvalue weighted by Crippen LogP contribution is -2.45. The lowest BCUT2D eigenvalue weighted by molar-refractivity contribution is -0.137. The van der Waals surface area contributed by atoms with Crippen LogP contribution in [0.25, 0.3) is 0 Å². The molecule has 1 aromatic carbocycles. The third-order valence-electron chi connectivity index (χ3n) is 5.75. The maximum absolute atomic E-state index is 13.0. The van der Waals surface area contributed by atoms with Crippen molar-refractivity contribution in [1.29, 1.82) is 0 Å². The van der Waals surface area contributed by atoms with E-state index < -0.39 is 23.7 Å². The highest BCUT2D eigenvalue weighted by molar-refractivity contribution is 5.96. The van der Waals surface area contributed by atoms with Crippen LogP contribution in [-0.2, 0) is 23.9 Å². The van der Waals surface area contributed by atoms with Crippen LogP contribution < -0.4 is 10.6 Å². The van der Waals surface area contributed by atoms with Gasteiger partial charge in [-0.25, -0.2) is 4.98 Å². The van der Waals surface area contributed by atoms with Crippen LogP contribution in [0.3, 0.4) is 0 Å². The Morgan fingerprint density at radius 2 is 2.07 bits per heavy atom. The summed E-state index contributed by atoms with van der Waals surface area (Å²) in [4.78, 5) is 29.0. The van der Waals surface area contributed by atoms with Gasteiger partial charge in [0.15, 0.2) is 0 Å². The highest BCUT2D eigenvalue weighted by atomic mass is 19.4. The molecule has 2 atom stereocenters. The number of aryl methyl sites for hydroxylation is 1. The first-order valence-electron chi connectivity index (χ1n) is 10.1. The number of alkyl halides is 3. The molecule has 0 unspecified atom stereocenters. The molecule has 2 N–H and O–H groups in total. The van der Waals surface area contributed by atoms with Gasteiger partial charge in [0.1, 0.15) is 17.6 Å². The van der Waals surface area contributed by atoms with Crippen molar-refractivity contribution < 1.29 is 22.8 Å². The number of hydrogen-bond donors (Lipinski definition) is 2. The van der Waals surface area contributed by atoms with Crippen LogP contribution in [0.15, 0.2) is 30.5 Å². The van der Waals surface area contributed by atoms with Crippen LogP contribution in [0.4, 0.5) is 13.2 Å². The first kappa shape index (κ1) is 20.4. The zero-order valence-corrected chi connectivity index (χ0v) is 16.3. The van der Waals surface area contributed by atoms with Crippen LogP contribution >= 0.6 is 0 Å². The van der Waals surface area contributed by atoms with Crippen molar-refractivity contribution in [2.75, 3.05) is 6.54 Å². The Kier molecular flexibility index (Phi) is 5.53. The fraction of sp³-hybridized carbons (Fsp3) is 0.476. The van der Waals surface area contributed by atoms with Gasteiger partial charge < -0.3 is 15.2 Å². The topological polar surface area (TPSA) is 76.0 Å². The van der Waals surface area contributed by atoms with E-state index >= 15 is 0 Å². The van der Waals surface area contributed by atoms with Gasteiger partial charge >= 0.3 is 6.18 Å². The molecule has 160 valence electrons. The summed E-state index contributed by atoms with van der Waals surface area (Å²) in [5.74, 6) is 0.0511. The first-order chi connectivity index (χ1) is 14.3. The molecule has 2 aromatic rings. The standard InChI is InChI=1S/C21H23F3N4O2/c22-21(23,24)15-5-3-4-13(10-15)14-7-8-18-26-17(12-28(18)11-14)20(30)27-16-6-1-2-9-25-19(16)29/h3-5,10,12,14,16H,1-2,6-9,11H2,(H,25,29)(H,27,30)/t14-,16-/m0/s1. The van der Waals surface area contributed by atoms with Gasteiger partial charge in [-0.1, -0.05) is 18.2 Å². The van der Waals surface area contributed by atoms with Gasteiger partial charge in [-0.3, -0.25) is 9.59 Å².